The highest BCUT2D eigenvalue weighted by atomic mass is 79.9. The van der Waals surface area contributed by atoms with Crippen molar-refractivity contribution in [3.05, 3.63) is 41.4 Å². The number of morpholine rings is 1. The van der Waals surface area contributed by atoms with Gasteiger partial charge in [0, 0.05) is 36.7 Å². The first-order valence-electron chi connectivity index (χ1n) is 9.76. The Labute approximate surface area is 183 Å². The van der Waals surface area contributed by atoms with Crippen LogP contribution < -0.4 is 10.2 Å². The van der Waals surface area contributed by atoms with Crippen LogP contribution in [0, 0.1) is 0 Å². The van der Waals surface area contributed by atoms with E-state index in [1.54, 1.807) is 12.4 Å². The van der Waals surface area contributed by atoms with Crippen LogP contribution in [0.15, 0.2) is 41.4 Å². The van der Waals surface area contributed by atoms with Gasteiger partial charge in [-0.2, -0.15) is 0 Å². The van der Waals surface area contributed by atoms with Crippen molar-refractivity contribution in [2.45, 2.75) is 26.4 Å². The van der Waals surface area contributed by atoms with Gasteiger partial charge in [-0.15, -0.1) is 0 Å². The van der Waals surface area contributed by atoms with Crippen molar-refractivity contribution in [2.75, 3.05) is 36.5 Å². The first kappa shape index (κ1) is 20.6. The highest BCUT2D eigenvalue weighted by Gasteiger charge is 2.21. The number of halogens is 1. The molecule has 2 aromatic heterocycles. The first-order valence-corrected chi connectivity index (χ1v) is 10.6. The van der Waals surface area contributed by atoms with Crippen molar-refractivity contribution in [3.63, 3.8) is 0 Å². The van der Waals surface area contributed by atoms with Crippen LogP contribution >= 0.6 is 15.9 Å². The molecule has 1 saturated heterocycles. The molecule has 1 aromatic carbocycles. The van der Waals surface area contributed by atoms with E-state index in [9.17, 15) is 4.79 Å². The van der Waals surface area contributed by atoms with Crippen LogP contribution in [0.5, 0.6) is 0 Å². The highest BCUT2D eigenvalue weighted by molar-refractivity contribution is 9.10. The van der Waals surface area contributed by atoms with Crippen LogP contribution in [0.3, 0.4) is 0 Å². The van der Waals surface area contributed by atoms with E-state index in [0.29, 0.717) is 30.2 Å². The number of hydrogen-bond donors (Lipinski definition) is 1. The molecule has 1 fully saturated rings. The van der Waals surface area contributed by atoms with Gasteiger partial charge < -0.3 is 14.4 Å². The number of benzene rings is 1. The summed E-state index contributed by atoms with van der Waals surface area (Å²) < 4.78 is 13.6. The van der Waals surface area contributed by atoms with Crippen molar-refractivity contribution in [2.24, 2.45) is 0 Å². The number of rotatable bonds is 3. The number of imidazole rings is 1. The van der Waals surface area contributed by atoms with Crippen LogP contribution in [0.1, 0.15) is 20.8 Å². The van der Waals surface area contributed by atoms with Crippen molar-refractivity contribution in [3.8, 4) is 11.3 Å². The molecular formula is C21H24BrN5O3. The monoisotopic (exact) mass is 473 g/mol. The fourth-order valence-corrected chi connectivity index (χ4v) is 3.74. The van der Waals surface area contributed by atoms with Gasteiger partial charge in [0.15, 0.2) is 5.65 Å². The molecule has 1 aliphatic heterocycles. The summed E-state index contributed by atoms with van der Waals surface area (Å²) in [5.74, 6) is 0. The zero-order chi connectivity index (χ0) is 21.3. The van der Waals surface area contributed by atoms with Crippen LogP contribution in [0.25, 0.3) is 16.9 Å². The minimum Gasteiger partial charge on any atom is -0.444 e. The lowest BCUT2D eigenvalue weighted by Crippen LogP contribution is -2.36. The Balaban J connectivity index is 1.78. The van der Waals surface area contributed by atoms with E-state index in [1.807, 2.05) is 49.6 Å². The Bertz CT molecular complexity index is 1070. The number of anilines is 2. The third kappa shape index (κ3) is 4.41. The zero-order valence-electron chi connectivity index (χ0n) is 17.2. The van der Waals surface area contributed by atoms with E-state index in [4.69, 9.17) is 9.47 Å². The number of carbonyl (C=O) groups excluding carboxylic acids is 1. The number of aromatic nitrogens is 3. The summed E-state index contributed by atoms with van der Waals surface area (Å²) in [6, 6.07) is 5.90. The van der Waals surface area contributed by atoms with Crippen molar-refractivity contribution in [1.29, 1.82) is 0 Å². The van der Waals surface area contributed by atoms with Crippen molar-refractivity contribution in [1.82, 2.24) is 14.4 Å². The second kappa shape index (κ2) is 8.23. The molecule has 9 heteroatoms. The molecular weight excluding hydrogens is 450 g/mol. The molecule has 0 spiro atoms. The van der Waals surface area contributed by atoms with Gasteiger partial charge >= 0.3 is 6.09 Å². The molecule has 0 bridgehead atoms. The molecule has 0 aliphatic carbocycles. The van der Waals surface area contributed by atoms with Gasteiger partial charge in [0.1, 0.15) is 15.9 Å². The molecule has 0 saturated carbocycles. The van der Waals surface area contributed by atoms with E-state index in [2.05, 4.69) is 36.1 Å². The fraction of sp³-hybridized carbons (Fsp3) is 0.381. The summed E-state index contributed by atoms with van der Waals surface area (Å²) in [6.07, 6.45) is 4.79. The Morgan fingerprint density at radius 3 is 2.73 bits per heavy atom. The number of nitrogens with one attached hydrogen (secondary N) is 1. The Kier molecular flexibility index (Phi) is 5.66. The van der Waals surface area contributed by atoms with Gasteiger partial charge in [0.25, 0.3) is 0 Å². The largest absolute Gasteiger partial charge is 0.444 e. The molecule has 1 amide bonds. The summed E-state index contributed by atoms with van der Waals surface area (Å²) in [4.78, 5) is 23.8. The average molecular weight is 474 g/mol. The summed E-state index contributed by atoms with van der Waals surface area (Å²) >= 11 is 3.50. The van der Waals surface area contributed by atoms with Gasteiger partial charge in [-0.1, -0.05) is 0 Å². The zero-order valence-corrected chi connectivity index (χ0v) is 18.8. The lowest BCUT2D eigenvalue weighted by atomic mass is 10.1. The lowest BCUT2D eigenvalue weighted by Gasteiger charge is -2.29. The predicted octanol–water partition coefficient (Wildman–Crippen LogP) is 4.34. The van der Waals surface area contributed by atoms with Crippen LogP contribution in [-0.4, -0.2) is 52.4 Å². The summed E-state index contributed by atoms with van der Waals surface area (Å²) in [6.45, 7) is 8.50. The number of hydrogen-bond acceptors (Lipinski definition) is 6. The molecule has 8 nitrogen and oxygen atoms in total. The molecule has 1 aliphatic rings. The highest BCUT2D eigenvalue weighted by Crippen LogP contribution is 2.34. The molecule has 0 atom stereocenters. The first-order chi connectivity index (χ1) is 14.3. The van der Waals surface area contributed by atoms with Crippen molar-refractivity contribution >= 4 is 39.0 Å². The SMILES string of the molecule is CC(C)(C)OC(=O)Nc1ccc(N2CCOCC2)cc1-c1ncc(Br)n2ccnc12. The number of carbonyl (C=O) groups is 1. The molecule has 4 rings (SSSR count). The Hall–Kier alpha value is -2.65. The maximum Gasteiger partial charge on any atom is 0.412 e. The maximum absolute atomic E-state index is 12.5. The number of nitrogens with zero attached hydrogens (tertiary/aromatic N) is 4. The Morgan fingerprint density at radius 1 is 1.23 bits per heavy atom. The van der Waals surface area contributed by atoms with Gasteiger partial charge in [-0.3, -0.25) is 9.72 Å². The quantitative estimate of drug-likeness (QED) is 0.609. The third-order valence-electron chi connectivity index (χ3n) is 4.65. The molecule has 3 aromatic rings. The summed E-state index contributed by atoms with van der Waals surface area (Å²) in [7, 11) is 0. The van der Waals surface area contributed by atoms with E-state index < -0.39 is 11.7 Å². The van der Waals surface area contributed by atoms with Crippen molar-refractivity contribution < 1.29 is 14.3 Å². The fourth-order valence-electron chi connectivity index (χ4n) is 3.35. The van der Waals surface area contributed by atoms with Gasteiger partial charge in [-0.25, -0.2) is 14.8 Å². The molecule has 1 N–H and O–H groups in total. The van der Waals surface area contributed by atoms with Crippen LogP contribution in [0.4, 0.5) is 16.2 Å². The summed E-state index contributed by atoms with van der Waals surface area (Å²) in [5, 5.41) is 2.87. The molecule has 158 valence electrons. The second-order valence-electron chi connectivity index (χ2n) is 8.01. The molecule has 0 unspecified atom stereocenters. The maximum atomic E-state index is 12.5. The lowest BCUT2D eigenvalue weighted by molar-refractivity contribution is 0.0636. The second-order valence-corrected chi connectivity index (χ2v) is 8.82. The predicted molar refractivity (Wildman–Crippen MR) is 119 cm³/mol. The standard InChI is InChI=1S/C21H24BrN5O3/c1-21(2,3)30-20(28)25-16-5-4-14(26-8-10-29-11-9-26)12-15(16)18-19-23-6-7-27(19)17(22)13-24-18/h4-7,12-13H,8-11H2,1-3H3,(H,25,28). The minimum atomic E-state index is -0.593. The van der Waals surface area contributed by atoms with Gasteiger partial charge in [-0.05, 0) is 54.9 Å². The third-order valence-corrected chi connectivity index (χ3v) is 5.24. The average Bonchev–Trinajstić information content (AvgIpc) is 3.19. The number of fused-ring (bicyclic) bond motifs is 1. The van der Waals surface area contributed by atoms with E-state index in [0.717, 1.165) is 28.9 Å². The number of ether oxygens (including phenoxy) is 2. The molecule has 30 heavy (non-hydrogen) atoms. The van der Waals surface area contributed by atoms with Crippen LogP contribution in [0.2, 0.25) is 0 Å². The summed E-state index contributed by atoms with van der Waals surface area (Å²) in [5.41, 5.74) is 3.19. The molecule has 0 radical (unpaired) electrons. The topological polar surface area (TPSA) is 81.0 Å². The Morgan fingerprint density at radius 2 is 2.00 bits per heavy atom. The van der Waals surface area contributed by atoms with Gasteiger partial charge in [0.05, 0.1) is 25.1 Å². The smallest absolute Gasteiger partial charge is 0.412 e. The van der Waals surface area contributed by atoms with E-state index in [-0.39, 0.29) is 0 Å². The van der Waals surface area contributed by atoms with E-state index >= 15 is 0 Å². The van der Waals surface area contributed by atoms with Crippen LogP contribution in [-0.2, 0) is 9.47 Å². The number of amides is 1. The van der Waals surface area contributed by atoms with Gasteiger partial charge in [0.2, 0.25) is 0 Å². The normalized spacial score (nSPS) is 14.7. The minimum absolute atomic E-state index is 0.514. The van der Waals surface area contributed by atoms with E-state index in [1.165, 1.54) is 0 Å². The molecule has 3 heterocycles.